The van der Waals surface area contributed by atoms with Gasteiger partial charge < -0.3 is 9.84 Å². The van der Waals surface area contributed by atoms with E-state index in [4.69, 9.17) is 4.52 Å². The van der Waals surface area contributed by atoms with Crippen LogP contribution in [-0.2, 0) is 13.0 Å². The van der Waals surface area contributed by atoms with Crippen molar-refractivity contribution in [1.82, 2.24) is 20.4 Å². The lowest BCUT2D eigenvalue weighted by atomic mass is 10.0. The van der Waals surface area contributed by atoms with Crippen molar-refractivity contribution in [3.05, 3.63) is 82.8 Å². The molecule has 1 N–H and O–H groups in total. The maximum Gasteiger partial charge on any atom is 0.240 e. The van der Waals surface area contributed by atoms with Gasteiger partial charge in [-0.3, -0.25) is 4.90 Å². The average Bonchev–Trinajstić information content (AvgIpc) is 3.11. The number of rotatable bonds is 5. The third kappa shape index (κ3) is 4.76. The fraction of sp³-hybridized carbons (Fsp3) is 0.333. The van der Waals surface area contributed by atoms with Gasteiger partial charge in [-0.05, 0) is 35.7 Å². The van der Waals surface area contributed by atoms with Gasteiger partial charge in [-0.15, -0.1) is 12.4 Å². The normalized spacial score (nSPS) is 17.3. The van der Waals surface area contributed by atoms with E-state index in [-0.39, 0.29) is 24.3 Å². The van der Waals surface area contributed by atoms with E-state index in [9.17, 15) is 4.39 Å². The summed E-state index contributed by atoms with van der Waals surface area (Å²) >= 11 is 0. The smallest absolute Gasteiger partial charge is 0.240 e. The lowest BCUT2D eigenvalue weighted by molar-refractivity contribution is 0.135. The number of hydrogen-bond acceptors (Lipinski definition) is 5. The predicted molar refractivity (Wildman–Crippen MR) is 108 cm³/mol. The Labute approximate surface area is 170 Å². The number of piperazine rings is 1. The minimum Gasteiger partial charge on any atom is -0.338 e. The first-order valence-electron chi connectivity index (χ1n) is 9.25. The Hall–Kier alpha value is -2.28. The Kier molecular flexibility index (Phi) is 6.78. The average molecular weight is 403 g/mol. The molecule has 0 amide bonds. The second-order valence-corrected chi connectivity index (χ2v) is 6.95. The molecule has 2 heterocycles. The summed E-state index contributed by atoms with van der Waals surface area (Å²) in [6.07, 6.45) is 0.658. The van der Waals surface area contributed by atoms with Crippen molar-refractivity contribution in [2.45, 2.75) is 25.9 Å². The number of aryl methyl sites for hydroxylation is 1. The van der Waals surface area contributed by atoms with Crippen LogP contribution in [0, 0.1) is 12.7 Å². The van der Waals surface area contributed by atoms with E-state index in [2.05, 4.69) is 39.4 Å². The van der Waals surface area contributed by atoms with Crippen molar-refractivity contribution in [1.29, 1.82) is 0 Å². The Morgan fingerprint density at radius 3 is 2.89 bits per heavy atom. The standard InChI is InChI=1S/C21H23FN4O.ClH/c1-15-5-2-3-6-16(15)12-20-24-21(27-25-20)14-26-10-9-23-13-19(26)17-7-4-8-18(22)11-17;/h2-8,11,19,23H,9-10,12-14H2,1H3;1H. The van der Waals surface area contributed by atoms with Crippen molar-refractivity contribution >= 4 is 12.4 Å². The van der Waals surface area contributed by atoms with E-state index in [1.807, 2.05) is 18.2 Å². The molecular weight excluding hydrogens is 379 g/mol. The van der Waals surface area contributed by atoms with Crippen LogP contribution < -0.4 is 5.32 Å². The molecule has 1 unspecified atom stereocenters. The van der Waals surface area contributed by atoms with E-state index in [1.54, 1.807) is 12.1 Å². The van der Waals surface area contributed by atoms with E-state index in [1.165, 1.54) is 17.2 Å². The Bertz CT molecular complexity index is 917. The summed E-state index contributed by atoms with van der Waals surface area (Å²) in [7, 11) is 0. The summed E-state index contributed by atoms with van der Waals surface area (Å²) in [4.78, 5) is 6.83. The fourth-order valence-electron chi connectivity index (χ4n) is 3.56. The third-order valence-electron chi connectivity index (χ3n) is 5.05. The highest BCUT2D eigenvalue weighted by Gasteiger charge is 2.26. The molecule has 28 heavy (non-hydrogen) atoms. The van der Waals surface area contributed by atoms with Gasteiger partial charge in [-0.2, -0.15) is 4.98 Å². The van der Waals surface area contributed by atoms with Gasteiger partial charge in [0.15, 0.2) is 5.82 Å². The van der Waals surface area contributed by atoms with Crippen molar-refractivity contribution in [2.24, 2.45) is 0 Å². The molecule has 0 aliphatic carbocycles. The van der Waals surface area contributed by atoms with E-state index in [0.717, 1.165) is 25.2 Å². The van der Waals surface area contributed by atoms with Crippen LogP contribution in [0.4, 0.5) is 4.39 Å². The molecule has 0 radical (unpaired) electrons. The Morgan fingerprint density at radius 2 is 2.07 bits per heavy atom. The van der Waals surface area contributed by atoms with Gasteiger partial charge in [0.05, 0.1) is 6.54 Å². The summed E-state index contributed by atoms with van der Waals surface area (Å²) in [6, 6.07) is 15.1. The molecule has 1 aromatic heterocycles. The van der Waals surface area contributed by atoms with Crippen molar-refractivity contribution in [3.63, 3.8) is 0 Å². The molecular formula is C21H24ClFN4O. The summed E-state index contributed by atoms with van der Waals surface area (Å²) in [5.74, 6) is 1.08. The van der Waals surface area contributed by atoms with Gasteiger partial charge in [0, 0.05) is 32.1 Å². The molecule has 0 spiro atoms. The van der Waals surface area contributed by atoms with Gasteiger partial charge >= 0.3 is 0 Å². The number of hydrogen-bond donors (Lipinski definition) is 1. The predicted octanol–water partition coefficient (Wildman–Crippen LogP) is 3.68. The zero-order valence-corrected chi connectivity index (χ0v) is 16.6. The molecule has 4 rings (SSSR count). The molecule has 1 saturated heterocycles. The number of benzene rings is 2. The van der Waals surface area contributed by atoms with Crippen LogP contribution in [0.15, 0.2) is 53.1 Å². The molecule has 0 saturated carbocycles. The summed E-state index contributed by atoms with van der Waals surface area (Å²) in [5.41, 5.74) is 3.38. The topological polar surface area (TPSA) is 54.2 Å². The van der Waals surface area contributed by atoms with Crippen LogP contribution in [0.2, 0.25) is 0 Å². The lowest BCUT2D eigenvalue weighted by Gasteiger charge is -2.35. The van der Waals surface area contributed by atoms with Crippen LogP contribution in [-0.4, -0.2) is 34.7 Å². The monoisotopic (exact) mass is 402 g/mol. The third-order valence-corrected chi connectivity index (χ3v) is 5.05. The van der Waals surface area contributed by atoms with Crippen molar-refractivity contribution < 1.29 is 8.91 Å². The Balaban J connectivity index is 0.00000225. The highest BCUT2D eigenvalue weighted by Crippen LogP contribution is 2.24. The van der Waals surface area contributed by atoms with Crippen LogP contribution in [0.3, 0.4) is 0 Å². The quantitative estimate of drug-likeness (QED) is 0.705. The number of nitrogens with zero attached hydrogens (tertiary/aromatic N) is 3. The largest absolute Gasteiger partial charge is 0.338 e. The van der Waals surface area contributed by atoms with Crippen molar-refractivity contribution in [3.8, 4) is 0 Å². The van der Waals surface area contributed by atoms with Crippen molar-refractivity contribution in [2.75, 3.05) is 19.6 Å². The van der Waals surface area contributed by atoms with Gasteiger partial charge in [0.2, 0.25) is 5.89 Å². The highest BCUT2D eigenvalue weighted by molar-refractivity contribution is 5.85. The molecule has 1 fully saturated rings. The highest BCUT2D eigenvalue weighted by atomic mass is 35.5. The summed E-state index contributed by atoms with van der Waals surface area (Å²) in [5, 5.41) is 7.52. The first-order chi connectivity index (χ1) is 13.2. The minimum absolute atomic E-state index is 0. The Morgan fingerprint density at radius 1 is 1.21 bits per heavy atom. The second kappa shape index (κ2) is 9.28. The minimum atomic E-state index is -0.212. The van der Waals surface area contributed by atoms with Gasteiger partial charge in [-0.25, -0.2) is 4.39 Å². The first-order valence-corrected chi connectivity index (χ1v) is 9.25. The number of aromatic nitrogens is 2. The van der Waals surface area contributed by atoms with E-state index >= 15 is 0 Å². The summed E-state index contributed by atoms with van der Waals surface area (Å²) in [6.45, 7) is 5.14. The molecule has 0 bridgehead atoms. The van der Waals surface area contributed by atoms with Gasteiger partial charge in [0.1, 0.15) is 5.82 Å². The molecule has 3 aromatic rings. The maximum absolute atomic E-state index is 13.6. The van der Waals surface area contributed by atoms with Crippen LogP contribution >= 0.6 is 12.4 Å². The molecule has 7 heteroatoms. The zero-order valence-electron chi connectivity index (χ0n) is 15.8. The summed E-state index contributed by atoms with van der Waals surface area (Å²) < 4.78 is 19.1. The molecule has 5 nitrogen and oxygen atoms in total. The molecule has 1 atom stereocenters. The second-order valence-electron chi connectivity index (χ2n) is 6.95. The molecule has 148 valence electrons. The van der Waals surface area contributed by atoms with E-state index < -0.39 is 0 Å². The van der Waals surface area contributed by atoms with Gasteiger partial charge in [-0.1, -0.05) is 41.6 Å². The van der Waals surface area contributed by atoms with Crippen LogP contribution in [0.1, 0.15) is 34.4 Å². The lowest BCUT2D eigenvalue weighted by Crippen LogP contribution is -2.45. The first kappa shape index (κ1) is 20.5. The van der Waals surface area contributed by atoms with Gasteiger partial charge in [0.25, 0.3) is 0 Å². The SMILES string of the molecule is Cc1ccccc1Cc1noc(CN2CCNCC2c2cccc(F)c2)n1.Cl. The molecule has 1 aliphatic rings. The fourth-order valence-corrected chi connectivity index (χ4v) is 3.56. The molecule has 1 aliphatic heterocycles. The van der Waals surface area contributed by atoms with Crippen LogP contribution in [0.25, 0.3) is 0 Å². The number of nitrogens with one attached hydrogen (secondary N) is 1. The zero-order chi connectivity index (χ0) is 18.6. The molecule has 2 aromatic carbocycles. The maximum atomic E-state index is 13.6. The van der Waals surface area contributed by atoms with E-state index in [0.29, 0.717) is 24.7 Å². The number of halogens is 2. The van der Waals surface area contributed by atoms with Crippen LogP contribution in [0.5, 0.6) is 0 Å².